The predicted molar refractivity (Wildman–Crippen MR) is 143 cm³/mol. The summed E-state index contributed by atoms with van der Waals surface area (Å²) >= 11 is 6.55. The lowest BCUT2D eigenvalue weighted by Gasteiger charge is -2.32. The summed E-state index contributed by atoms with van der Waals surface area (Å²) in [6.45, 7) is 5.67. The van der Waals surface area contributed by atoms with Crippen LogP contribution in [0.1, 0.15) is 58.1 Å². The molecule has 1 aliphatic heterocycles. The van der Waals surface area contributed by atoms with Crippen LogP contribution in [0.4, 0.5) is 5.82 Å². The Morgan fingerprint density at radius 1 is 1.22 bits per heavy atom. The zero-order valence-electron chi connectivity index (χ0n) is 21.3. The molecule has 3 heterocycles. The van der Waals surface area contributed by atoms with E-state index < -0.39 is 5.41 Å². The molecule has 0 bridgehead atoms. The molecule has 2 aliphatic rings. The van der Waals surface area contributed by atoms with Gasteiger partial charge >= 0.3 is 0 Å². The molecule has 2 aromatic heterocycles. The number of nitrogens with one attached hydrogen (secondary N) is 2. The summed E-state index contributed by atoms with van der Waals surface area (Å²) < 4.78 is 5.44. The highest BCUT2D eigenvalue weighted by molar-refractivity contribution is 6.33. The Morgan fingerprint density at radius 2 is 1.97 bits per heavy atom. The van der Waals surface area contributed by atoms with Gasteiger partial charge in [0.05, 0.1) is 28.3 Å². The van der Waals surface area contributed by atoms with Gasteiger partial charge in [-0.15, -0.1) is 0 Å². The van der Waals surface area contributed by atoms with Gasteiger partial charge in [0.15, 0.2) is 0 Å². The number of hydrogen-bond donors (Lipinski definition) is 3. The molecule has 0 amide bonds. The van der Waals surface area contributed by atoms with Crippen molar-refractivity contribution in [2.24, 2.45) is 11.3 Å². The Morgan fingerprint density at radius 3 is 2.67 bits per heavy atom. The average Bonchev–Trinajstić information content (AvgIpc) is 2.90. The number of halogens is 1. The fraction of sp³-hybridized carbons (Fsp3) is 0.607. The highest BCUT2D eigenvalue weighted by Crippen LogP contribution is 2.32. The number of hydrogen-bond acceptors (Lipinski definition) is 7. The molecular formula is C28H38ClN5O2. The molecule has 2 aromatic rings. The van der Waals surface area contributed by atoms with Crippen LogP contribution < -0.4 is 10.6 Å². The first-order chi connectivity index (χ1) is 17.4. The molecule has 8 heteroatoms. The maximum Gasteiger partial charge on any atom is 0.126 e. The Bertz CT molecular complexity index is 1040. The molecule has 0 spiro atoms. The number of pyridine rings is 2. The summed E-state index contributed by atoms with van der Waals surface area (Å²) in [7, 11) is 0. The van der Waals surface area contributed by atoms with Crippen molar-refractivity contribution in [3.05, 3.63) is 41.2 Å². The van der Waals surface area contributed by atoms with Crippen LogP contribution in [0.2, 0.25) is 5.02 Å². The number of aliphatic hydroxyl groups is 1. The fourth-order valence-electron chi connectivity index (χ4n) is 5.16. The minimum atomic E-state index is -0.416. The van der Waals surface area contributed by atoms with E-state index in [-0.39, 0.29) is 12.1 Å². The quantitative estimate of drug-likeness (QED) is 0.435. The highest BCUT2D eigenvalue weighted by atomic mass is 35.5. The molecule has 0 radical (unpaired) electrons. The van der Waals surface area contributed by atoms with Crippen molar-refractivity contribution in [2.75, 3.05) is 25.1 Å². The van der Waals surface area contributed by atoms with Crippen LogP contribution in [0.25, 0.3) is 11.3 Å². The third-order valence-electron chi connectivity index (χ3n) is 7.80. The smallest absolute Gasteiger partial charge is 0.126 e. The van der Waals surface area contributed by atoms with Crippen LogP contribution in [-0.4, -0.2) is 53.0 Å². The van der Waals surface area contributed by atoms with Gasteiger partial charge < -0.3 is 20.5 Å². The Kier molecular flexibility index (Phi) is 9.19. The second-order valence-electron chi connectivity index (χ2n) is 10.5. The number of aromatic nitrogens is 2. The summed E-state index contributed by atoms with van der Waals surface area (Å²) in [5, 5.41) is 27.0. The summed E-state index contributed by atoms with van der Waals surface area (Å²) in [5.41, 5.74) is 2.30. The average molecular weight is 512 g/mol. The molecule has 4 rings (SSSR count). The SMILES string of the molecule is C[C@H](O)[C@@H](C)NC1CCC(Cc2cc(-c3cccc(NCC4(C#N)CCOCC4)n3)c(Cl)cn2)CC1. The minimum absolute atomic E-state index is 0.118. The summed E-state index contributed by atoms with van der Waals surface area (Å²) in [6.07, 6.45) is 8.31. The van der Waals surface area contributed by atoms with Gasteiger partial charge in [-0.2, -0.15) is 5.26 Å². The van der Waals surface area contributed by atoms with Crippen LogP contribution in [0.3, 0.4) is 0 Å². The second-order valence-corrected chi connectivity index (χ2v) is 10.9. The summed E-state index contributed by atoms with van der Waals surface area (Å²) in [5.74, 6) is 1.33. The van der Waals surface area contributed by atoms with Gasteiger partial charge in [-0.1, -0.05) is 17.7 Å². The van der Waals surface area contributed by atoms with Gasteiger partial charge in [0.25, 0.3) is 0 Å². The Balaban J connectivity index is 1.38. The highest BCUT2D eigenvalue weighted by Gasteiger charge is 2.32. The van der Waals surface area contributed by atoms with Crippen LogP contribution in [-0.2, 0) is 11.2 Å². The molecule has 0 aromatic carbocycles. The molecule has 1 saturated heterocycles. The van der Waals surface area contributed by atoms with Crippen LogP contribution in [0, 0.1) is 22.7 Å². The van der Waals surface area contributed by atoms with Gasteiger partial charge in [-0.25, -0.2) is 4.98 Å². The first kappa shape index (κ1) is 26.8. The monoisotopic (exact) mass is 511 g/mol. The standard InChI is InChI=1S/C28H38ClN5O2/c1-19(20(2)35)33-22-8-6-21(7-9-22)14-23-15-24(25(29)16-31-23)26-4-3-5-27(34-26)32-18-28(17-30)10-12-36-13-11-28/h3-5,15-16,19-22,33,35H,6-14,18H2,1-2H3,(H,32,34)/t19-,20+,21?,22?/m1/s1. The predicted octanol–water partition coefficient (Wildman–Crippen LogP) is 4.99. The largest absolute Gasteiger partial charge is 0.392 e. The van der Waals surface area contributed by atoms with Gasteiger partial charge in [0.2, 0.25) is 0 Å². The van der Waals surface area contributed by atoms with Crippen molar-refractivity contribution < 1.29 is 9.84 Å². The van der Waals surface area contributed by atoms with E-state index in [1.165, 1.54) is 0 Å². The van der Waals surface area contributed by atoms with Crippen LogP contribution in [0.15, 0.2) is 30.5 Å². The molecule has 2 fully saturated rings. The first-order valence-corrected chi connectivity index (χ1v) is 13.5. The number of anilines is 1. The molecule has 0 unspecified atom stereocenters. The van der Waals surface area contributed by atoms with E-state index in [9.17, 15) is 10.4 Å². The lowest BCUT2D eigenvalue weighted by Crippen LogP contribution is -2.44. The van der Waals surface area contributed by atoms with E-state index in [0.717, 1.165) is 67.7 Å². The zero-order chi connectivity index (χ0) is 25.5. The molecule has 3 N–H and O–H groups in total. The number of aliphatic hydroxyl groups excluding tert-OH is 1. The van der Waals surface area contributed by atoms with Crippen molar-refractivity contribution in [1.82, 2.24) is 15.3 Å². The Labute approximate surface area is 219 Å². The fourth-order valence-corrected chi connectivity index (χ4v) is 5.36. The van der Waals surface area contributed by atoms with Crippen LogP contribution in [0.5, 0.6) is 0 Å². The topological polar surface area (TPSA) is 103 Å². The summed E-state index contributed by atoms with van der Waals surface area (Å²) in [6, 6.07) is 11.0. The van der Waals surface area contributed by atoms with Gasteiger partial charge in [-0.3, -0.25) is 4.98 Å². The molecule has 194 valence electrons. The number of ether oxygens (including phenoxy) is 1. The second kappa shape index (κ2) is 12.3. The number of nitriles is 1. The number of rotatable bonds is 9. The van der Waals surface area contributed by atoms with E-state index >= 15 is 0 Å². The van der Waals surface area contributed by atoms with Gasteiger partial charge in [0, 0.05) is 49.3 Å². The zero-order valence-corrected chi connectivity index (χ0v) is 22.1. The van der Waals surface area contributed by atoms with E-state index in [2.05, 4.69) is 27.8 Å². The molecule has 2 atom stereocenters. The van der Waals surface area contributed by atoms with Crippen molar-refractivity contribution in [3.8, 4) is 17.3 Å². The van der Waals surface area contributed by atoms with Crippen molar-refractivity contribution >= 4 is 17.4 Å². The van der Waals surface area contributed by atoms with Crippen molar-refractivity contribution in [2.45, 2.75) is 77.0 Å². The van der Waals surface area contributed by atoms with E-state index in [1.807, 2.05) is 32.0 Å². The lowest BCUT2D eigenvalue weighted by atomic mass is 9.82. The molecular weight excluding hydrogens is 474 g/mol. The molecule has 1 aliphatic carbocycles. The Hall–Kier alpha value is -2.24. The minimum Gasteiger partial charge on any atom is -0.392 e. The van der Waals surface area contributed by atoms with E-state index in [1.54, 1.807) is 6.20 Å². The number of nitrogens with zero attached hydrogens (tertiary/aromatic N) is 3. The van der Waals surface area contributed by atoms with Crippen molar-refractivity contribution in [1.29, 1.82) is 5.26 Å². The maximum atomic E-state index is 9.76. The molecule has 36 heavy (non-hydrogen) atoms. The van der Waals surface area contributed by atoms with E-state index in [0.29, 0.717) is 36.7 Å². The first-order valence-electron chi connectivity index (χ1n) is 13.2. The third-order valence-corrected chi connectivity index (χ3v) is 8.10. The van der Waals surface area contributed by atoms with Crippen LogP contribution >= 0.6 is 11.6 Å². The maximum absolute atomic E-state index is 9.76. The van der Waals surface area contributed by atoms with Gasteiger partial charge in [-0.05, 0) is 82.9 Å². The lowest BCUT2D eigenvalue weighted by molar-refractivity contribution is 0.0455. The van der Waals surface area contributed by atoms with Gasteiger partial charge in [0.1, 0.15) is 5.82 Å². The van der Waals surface area contributed by atoms with E-state index in [4.69, 9.17) is 21.3 Å². The van der Waals surface area contributed by atoms with Crippen molar-refractivity contribution in [3.63, 3.8) is 0 Å². The normalized spacial score (nSPS) is 23.4. The molecule has 7 nitrogen and oxygen atoms in total. The molecule has 1 saturated carbocycles. The third kappa shape index (κ3) is 6.95. The summed E-state index contributed by atoms with van der Waals surface area (Å²) in [4.78, 5) is 9.42.